The van der Waals surface area contributed by atoms with Crippen LogP contribution in [-0.2, 0) is 11.2 Å². The summed E-state index contributed by atoms with van der Waals surface area (Å²) in [6.45, 7) is -0.0105. The molecule has 0 spiro atoms. The van der Waals surface area contributed by atoms with Crippen LogP contribution < -0.4 is 0 Å². The first kappa shape index (κ1) is 15.0. The van der Waals surface area contributed by atoms with E-state index in [0.29, 0.717) is 6.42 Å². The van der Waals surface area contributed by atoms with Gasteiger partial charge in [-0.3, -0.25) is 4.90 Å². The van der Waals surface area contributed by atoms with Gasteiger partial charge in [-0.1, -0.05) is 12.1 Å². The standard InChI is InChI=1S/C16H20N2O4/c1-18(8-13(19)16(21)22)12-6-5-9-7-17-11-4-2-3-10(14(9)11)15(12)20/h2-4,7,12-13,15,17,19-20H,5-6,8H2,1H3,(H,21,22)/t12-,13?,15-/m0/s1. The number of carboxylic acid groups (broad SMARTS) is 1. The lowest BCUT2D eigenvalue weighted by Gasteiger charge is -2.32. The summed E-state index contributed by atoms with van der Waals surface area (Å²) in [5.74, 6) is -1.25. The number of aliphatic hydroxyl groups is 2. The number of rotatable bonds is 4. The molecule has 22 heavy (non-hydrogen) atoms. The van der Waals surface area contributed by atoms with Gasteiger partial charge in [0.05, 0.1) is 6.10 Å². The highest BCUT2D eigenvalue weighted by Gasteiger charge is 2.31. The van der Waals surface area contributed by atoms with Crippen molar-refractivity contribution in [3.8, 4) is 0 Å². The summed E-state index contributed by atoms with van der Waals surface area (Å²) in [6.07, 6.45) is 1.30. The van der Waals surface area contributed by atoms with E-state index in [0.717, 1.165) is 22.9 Å². The third kappa shape index (κ3) is 2.49. The van der Waals surface area contributed by atoms with Gasteiger partial charge in [0.25, 0.3) is 0 Å². The molecule has 1 aromatic heterocycles. The van der Waals surface area contributed by atoms with E-state index >= 15 is 0 Å². The van der Waals surface area contributed by atoms with Gasteiger partial charge in [-0.2, -0.15) is 0 Å². The van der Waals surface area contributed by atoms with Crippen molar-refractivity contribution in [1.29, 1.82) is 0 Å². The van der Waals surface area contributed by atoms with Gasteiger partial charge in [0, 0.05) is 29.7 Å². The largest absolute Gasteiger partial charge is 0.479 e. The van der Waals surface area contributed by atoms with Crippen molar-refractivity contribution in [2.45, 2.75) is 31.1 Å². The predicted octanol–water partition coefficient (Wildman–Crippen LogP) is 0.893. The van der Waals surface area contributed by atoms with Crippen molar-refractivity contribution < 1.29 is 20.1 Å². The number of nitrogens with one attached hydrogen (secondary N) is 1. The molecular weight excluding hydrogens is 284 g/mol. The third-order valence-electron chi connectivity index (χ3n) is 4.52. The SMILES string of the molecule is CN(CC(O)C(=O)O)[C@H]1CCc2c[nH]c3cccc(c23)[C@@H]1O. The normalized spacial score (nSPS) is 22.7. The topological polar surface area (TPSA) is 96.8 Å². The molecule has 0 amide bonds. The lowest BCUT2D eigenvalue weighted by atomic mass is 9.98. The average Bonchev–Trinajstić information content (AvgIpc) is 2.83. The molecule has 6 heteroatoms. The average molecular weight is 304 g/mol. The maximum absolute atomic E-state index is 10.8. The second-order valence-corrected chi connectivity index (χ2v) is 5.93. The number of aromatic nitrogens is 1. The molecule has 0 fully saturated rings. The molecule has 0 aliphatic heterocycles. The molecule has 1 aliphatic carbocycles. The van der Waals surface area contributed by atoms with Crippen LogP contribution in [0.15, 0.2) is 24.4 Å². The van der Waals surface area contributed by atoms with Crippen molar-refractivity contribution in [3.63, 3.8) is 0 Å². The van der Waals surface area contributed by atoms with E-state index in [-0.39, 0.29) is 12.6 Å². The van der Waals surface area contributed by atoms with Crippen LogP contribution in [0, 0.1) is 0 Å². The lowest BCUT2D eigenvalue weighted by Crippen LogP contribution is -2.43. The Bertz CT molecular complexity index is 697. The van der Waals surface area contributed by atoms with Crippen LogP contribution in [0.25, 0.3) is 10.9 Å². The van der Waals surface area contributed by atoms with E-state index in [2.05, 4.69) is 4.98 Å². The Morgan fingerprint density at radius 3 is 3.00 bits per heavy atom. The molecule has 2 aromatic rings. The van der Waals surface area contributed by atoms with E-state index in [1.807, 2.05) is 24.4 Å². The quantitative estimate of drug-likeness (QED) is 0.673. The van der Waals surface area contributed by atoms with Gasteiger partial charge in [0.1, 0.15) is 0 Å². The summed E-state index contributed by atoms with van der Waals surface area (Å²) in [4.78, 5) is 15.8. The summed E-state index contributed by atoms with van der Waals surface area (Å²) < 4.78 is 0. The molecule has 0 bridgehead atoms. The second kappa shape index (κ2) is 5.72. The Hall–Kier alpha value is -1.89. The van der Waals surface area contributed by atoms with E-state index < -0.39 is 18.2 Å². The van der Waals surface area contributed by atoms with Gasteiger partial charge in [-0.15, -0.1) is 0 Å². The summed E-state index contributed by atoms with van der Waals surface area (Å²) in [5.41, 5.74) is 3.02. The Balaban J connectivity index is 1.90. The number of aliphatic carboxylic acids is 1. The number of carboxylic acids is 1. The highest BCUT2D eigenvalue weighted by Crippen LogP contribution is 2.35. The first-order chi connectivity index (χ1) is 10.5. The van der Waals surface area contributed by atoms with E-state index in [9.17, 15) is 15.0 Å². The minimum Gasteiger partial charge on any atom is -0.479 e. The fourth-order valence-electron chi connectivity index (χ4n) is 3.35. The van der Waals surface area contributed by atoms with Crippen LogP contribution in [0.5, 0.6) is 0 Å². The highest BCUT2D eigenvalue weighted by atomic mass is 16.4. The fraction of sp³-hybridized carbons (Fsp3) is 0.438. The predicted molar refractivity (Wildman–Crippen MR) is 81.6 cm³/mol. The number of H-pyrrole nitrogens is 1. The van der Waals surface area contributed by atoms with Crippen LogP contribution in [0.2, 0.25) is 0 Å². The summed E-state index contributed by atoms with van der Waals surface area (Å²) >= 11 is 0. The molecule has 1 unspecified atom stereocenters. The molecule has 3 rings (SSSR count). The molecule has 0 saturated carbocycles. The number of likely N-dealkylation sites (N-methyl/N-ethyl adjacent to an activating group) is 1. The minimum atomic E-state index is -1.45. The number of hydrogen-bond acceptors (Lipinski definition) is 4. The van der Waals surface area contributed by atoms with Crippen LogP contribution in [0.3, 0.4) is 0 Å². The van der Waals surface area contributed by atoms with Gasteiger partial charge in [-0.05, 0) is 37.1 Å². The van der Waals surface area contributed by atoms with Crippen molar-refractivity contribution in [2.75, 3.05) is 13.6 Å². The zero-order chi connectivity index (χ0) is 15.9. The number of aryl methyl sites for hydroxylation is 1. The molecule has 4 N–H and O–H groups in total. The zero-order valence-corrected chi connectivity index (χ0v) is 12.4. The summed E-state index contributed by atoms with van der Waals surface area (Å²) in [6, 6.07) is 5.56. The smallest absolute Gasteiger partial charge is 0.333 e. The molecule has 118 valence electrons. The van der Waals surface area contributed by atoms with Gasteiger partial charge in [0.2, 0.25) is 0 Å². The Kier molecular flexibility index (Phi) is 3.90. The van der Waals surface area contributed by atoms with Gasteiger partial charge in [-0.25, -0.2) is 4.79 Å². The first-order valence-electron chi connectivity index (χ1n) is 7.37. The number of aliphatic hydroxyl groups excluding tert-OH is 2. The first-order valence-corrected chi connectivity index (χ1v) is 7.37. The van der Waals surface area contributed by atoms with E-state index in [1.165, 1.54) is 5.56 Å². The molecule has 1 heterocycles. The molecule has 0 saturated heterocycles. The maximum atomic E-state index is 10.8. The number of nitrogens with zero attached hydrogens (tertiary/aromatic N) is 1. The molecule has 6 nitrogen and oxygen atoms in total. The van der Waals surface area contributed by atoms with Crippen molar-refractivity contribution in [1.82, 2.24) is 9.88 Å². The molecular formula is C16H20N2O4. The minimum absolute atomic E-state index is 0.0105. The maximum Gasteiger partial charge on any atom is 0.333 e. The number of hydrogen-bond donors (Lipinski definition) is 4. The van der Waals surface area contributed by atoms with E-state index in [1.54, 1.807) is 11.9 Å². The van der Waals surface area contributed by atoms with Crippen molar-refractivity contribution in [2.24, 2.45) is 0 Å². The monoisotopic (exact) mass is 304 g/mol. The Morgan fingerprint density at radius 1 is 1.50 bits per heavy atom. The van der Waals surface area contributed by atoms with Crippen molar-refractivity contribution in [3.05, 3.63) is 35.5 Å². The summed E-state index contributed by atoms with van der Waals surface area (Å²) in [5, 5.41) is 30.2. The molecule has 3 atom stereocenters. The fourth-order valence-corrected chi connectivity index (χ4v) is 3.35. The van der Waals surface area contributed by atoms with Gasteiger partial charge < -0.3 is 20.3 Å². The van der Waals surface area contributed by atoms with Crippen molar-refractivity contribution >= 4 is 16.9 Å². The third-order valence-corrected chi connectivity index (χ3v) is 4.52. The molecule has 1 aromatic carbocycles. The Morgan fingerprint density at radius 2 is 2.27 bits per heavy atom. The van der Waals surface area contributed by atoms with Gasteiger partial charge >= 0.3 is 5.97 Å². The Labute approximate surface area is 128 Å². The zero-order valence-electron chi connectivity index (χ0n) is 12.4. The van der Waals surface area contributed by atoms with Crippen LogP contribution in [0.4, 0.5) is 0 Å². The number of benzene rings is 1. The number of carbonyl (C=O) groups is 1. The lowest BCUT2D eigenvalue weighted by molar-refractivity contribution is -0.148. The van der Waals surface area contributed by atoms with Crippen LogP contribution in [0.1, 0.15) is 23.7 Å². The number of aromatic amines is 1. The molecule has 0 radical (unpaired) electrons. The highest BCUT2D eigenvalue weighted by molar-refractivity contribution is 5.87. The van der Waals surface area contributed by atoms with E-state index in [4.69, 9.17) is 5.11 Å². The molecule has 1 aliphatic rings. The summed E-state index contributed by atoms with van der Waals surface area (Å²) in [7, 11) is 1.74. The second-order valence-electron chi connectivity index (χ2n) is 5.93. The van der Waals surface area contributed by atoms with Crippen LogP contribution in [-0.4, -0.2) is 56.9 Å². The van der Waals surface area contributed by atoms with Crippen LogP contribution >= 0.6 is 0 Å². The van der Waals surface area contributed by atoms with Gasteiger partial charge in [0.15, 0.2) is 6.10 Å².